The Labute approximate surface area is 275 Å². The summed E-state index contributed by atoms with van der Waals surface area (Å²) >= 11 is 6.82. The number of ether oxygens (including phenoxy) is 2. The van der Waals surface area contributed by atoms with Crippen molar-refractivity contribution < 1.29 is 23.0 Å². The van der Waals surface area contributed by atoms with Crippen molar-refractivity contribution in [3.8, 4) is 17.3 Å². The minimum Gasteiger partial charge on any atom is -0.461 e. The van der Waals surface area contributed by atoms with Gasteiger partial charge in [0.05, 0.1) is 35.9 Å². The van der Waals surface area contributed by atoms with Gasteiger partial charge in [0.25, 0.3) is 0 Å². The number of amides is 1. The number of aromatic nitrogens is 5. The van der Waals surface area contributed by atoms with E-state index in [2.05, 4.69) is 25.4 Å². The van der Waals surface area contributed by atoms with E-state index in [1.807, 2.05) is 4.90 Å². The lowest BCUT2D eigenvalue weighted by Gasteiger charge is -2.31. The maximum absolute atomic E-state index is 17.1. The lowest BCUT2D eigenvalue weighted by molar-refractivity contribution is -0.121. The van der Waals surface area contributed by atoms with Gasteiger partial charge in [-0.3, -0.25) is 19.8 Å². The second kappa shape index (κ2) is 12.4. The van der Waals surface area contributed by atoms with Crippen molar-refractivity contribution in [3.05, 3.63) is 34.9 Å². The fourth-order valence-corrected chi connectivity index (χ4v) is 8.19. The molecule has 0 saturated carbocycles. The van der Waals surface area contributed by atoms with Gasteiger partial charge in [-0.2, -0.15) is 15.1 Å². The molecule has 3 fully saturated rings. The Morgan fingerprint density at radius 3 is 2.94 bits per heavy atom. The standard InChI is InChI=1S/C33H37ClF2N8O3/c34-24-10-25-22(14-39-42-25)27-21(24)4-1-2-5-26(45)37-12-19-15-43(8-9-46-17-19)31-23-13-38-30(27)28(36)29(23)40-32(41-31)47-18-33-6-3-7-44(33)16-20(35)11-33/h10,13-14,19-20H,1-9,11-12,15-18H2,(H,37,45)(H,39,42). The van der Waals surface area contributed by atoms with Crippen LogP contribution >= 0.6 is 11.6 Å². The lowest BCUT2D eigenvalue weighted by Crippen LogP contribution is -2.43. The zero-order valence-corrected chi connectivity index (χ0v) is 26.8. The lowest BCUT2D eigenvalue weighted by atomic mass is 9.94. The van der Waals surface area contributed by atoms with Crippen molar-refractivity contribution >= 4 is 45.1 Å². The number of pyridine rings is 1. The van der Waals surface area contributed by atoms with Gasteiger partial charge in [0, 0.05) is 67.1 Å². The number of nitrogens with zero attached hydrogens (tertiary/aromatic N) is 6. The SMILES string of the molecule is O=C1CCCCc2c(Cl)cc3[nH]ncc3c2-c2ncc3c(nc(OCC45CCCN4CC(F)C5)nc3c2F)N2CCOCC(CN1)C2. The number of alkyl halides is 1. The minimum atomic E-state index is -0.907. The summed E-state index contributed by atoms with van der Waals surface area (Å²) in [7, 11) is 0. The molecule has 6 bridgehead atoms. The monoisotopic (exact) mass is 666 g/mol. The Morgan fingerprint density at radius 2 is 2.02 bits per heavy atom. The Balaban J connectivity index is 1.29. The number of fused-ring (bicyclic) bond motifs is 9. The number of hydrogen-bond donors (Lipinski definition) is 2. The fourth-order valence-electron chi connectivity index (χ4n) is 7.90. The molecule has 0 aliphatic carbocycles. The average Bonchev–Trinajstić information content (AvgIpc) is 3.70. The number of hydrogen-bond acceptors (Lipinski definition) is 9. The quantitative estimate of drug-likeness (QED) is 0.323. The zero-order chi connectivity index (χ0) is 32.1. The Hall–Kier alpha value is -3.68. The largest absolute Gasteiger partial charge is 0.461 e. The second-order valence-corrected chi connectivity index (χ2v) is 13.7. The van der Waals surface area contributed by atoms with Crippen LogP contribution in [0.3, 0.4) is 0 Å². The molecule has 0 spiro atoms. The van der Waals surface area contributed by atoms with E-state index in [4.69, 9.17) is 31.0 Å². The van der Waals surface area contributed by atoms with Crippen LogP contribution in [-0.2, 0) is 16.0 Å². The number of halogens is 3. The molecule has 1 aromatic carbocycles. The van der Waals surface area contributed by atoms with E-state index < -0.39 is 17.5 Å². The number of benzene rings is 1. The first-order valence-electron chi connectivity index (χ1n) is 16.5. The molecule has 3 aromatic heterocycles. The molecule has 1 amide bonds. The van der Waals surface area contributed by atoms with Gasteiger partial charge in [0.2, 0.25) is 5.91 Å². The normalized spacial score (nSPS) is 25.6. The highest BCUT2D eigenvalue weighted by atomic mass is 35.5. The smallest absolute Gasteiger partial charge is 0.319 e. The van der Waals surface area contributed by atoms with E-state index in [9.17, 15) is 9.18 Å². The number of carbonyl (C=O) groups is 1. The molecule has 47 heavy (non-hydrogen) atoms. The Bertz CT molecular complexity index is 1840. The summed E-state index contributed by atoms with van der Waals surface area (Å²) in [5.41, 5.74) is 1.69. The molecule has 8 heterocycles. The van der Waals surface area contributed by atoms with E-state index in [0.717, 1.165) is 24.9 Å². The maximum Gasteiger partial charge on any atom is 0.319 e. The van der Waals surface area contributed by atoms with Gasteiger partial charge in [-0.25, -0.2) is 8.78 Å². The Morgan fingerprint density at radius 1 is 1.13 bits per heavy atom. The first-order valence-corrected chi connectivity index (χ1v) is 16.9. The number of aromatic amines is 1. The third-order valence-corrected chi connectivity index (χ3v) is 10.6. The van der Waals surface area contributed by atoms with Gasteiger partial charge in [0.15, 0.2) is 5.82 Å². The molecule has 0 radical (unpaired) electrons. The molecule has 3 unspecified atom stereocenters. The minimum absolute atomic E-state index is 0.0213. The summed E-state index contributed by atoms with van der Waals surface area (Å²) in [6.45, 7) is 3.79. The van der Waals surface area contributed by atoms with Crippen molar-refractivity contribution in [2.24, 2.45) is 5.92 Å². The van der Waals surface area contributed by atoms with E-state index in [-0.39, 0.29) is 35.7 Å². The number of carbonyl (C=O) groups excluding carboxylic acids is 1. The first-order chi connectivity index (χ1) is 22.9. The van der Waals surface area contributed by atoms with Crippen molar-refractivity contribution in [3.63, 3.8) is 0 Å². The molecule has 3 atom stereocenters. The summed E-state index contributed by atoms with van der Waals surface area (Å²) in [6, 6.07) is 1.82. The fraction of sp³-hybridized carbons (Fsp3) is 0.545. The third-order valence-electron chi connectivity index (χ3n) is 10.2. The molecule has 4 aromatic rings. The van der Waals surface area contributed by atoms with Crippen LogP contribution in [0.25, 0.3) is 33.1 Å². The van der Waals surface area contributed by atoms with Crippen molar-refractivity contribution in [1.29, 1.82) is 0 Å². The van der Waals surface area contributed by atoms with E-state index >= 15 is 4.39 Å². The molecular weight excluding hydrogens is 630 g/mol. The van der Waals surface area contributed by atoms with Crippen molar-refractivity contribution in [1.82, 2.24) is 35.4 Å². The van der Waals surface area contributed by atoms with Crippen LogP contribution < -0.4 is 15.0 Å². The van der Waals surface area contributed by atoms with Crippen LogP contribution in [-0.4, -0.2) is 100 Å². The summed E-state index contributed by atoms with van der Waals surface area (Å²) in [6.07, 6.45) is 6.74. The van der Waals surface area contributed by atoms with Gasteiger partial charge >= 0.3 is 6.01 Å². The molecule has 14 heteroatoms. The summed E-state index contributed by atoms with van der Waals surface area (Å²) in [5, 5.41) is 11.8. The van der Waals surface area contributed by atoms with Crippen LogP contribution in [0.4, 0.5) is 14.6 Å². The van der Waals surface area contributed by atoms with Crippen molar-refractivity contribution in [2.45, 2.75) is 56.7 Å². The summed E-state index contributed by atoms with van der Waals surface area (Å²) < 4.78 is 43.8. The van der Waals surface area contributed by atoms with E-state index in [1.165, 1.54) is 0 Å². The van der Waals surface area contributed by atoms with Crippen LogP contribution in [0.15, 0.2) is 18.5 Å². The molecule has 11 nitrogen and oxygen atoms in total. The summed E-state index contributed by atoms with van der Waals surface area (Å²) in [5.74, 6) is -0.183. The van der Waals surface area contributed by atoms with Gasteiger partial charge in [-0.05, 0) is 50.3 Å². The summed E-state index contributed by atoms with van der Waals surface area (Å²) in [4.78, 5) is 31.2. The molecule has 9 rings (SSSR count). The predicted molar refractivity (Wildman–Crippen MR) is 173 cm³/mol. The molecule has 3 saturated heterocycles. The van der Waals surface area contributed by atoms with Crippen LogP contribution in [0.2, 0.25) is 5.02 Å². The van der Waals surface area contributed by atoms with Gasteiger partial charge in [-0.1, -0.05) is 11.6 Å². The highest BCUT2D eigenvalue weighted by Gasteiger charge is 2.49. The molecule has 248 valence electrons. The molecular formula is C33H37ClF2N8O3. The maximum atomic E-state index is 17.1. The Kier molecular flexibility index (Phi) is 8.09. The number of H-pyrrole nitrogens is 1. The van der Waals surface area contributed by atoms with Gasteiger partial charge < -0.3 is 19.7 Å². The highest BCUT2D eigenvalue weighted by Crippen LogP contribution is 2.42. The van der Waals surface area contributed by atoms with E-state index in [1.54, 1.807) is 18.5 Å². The second-order valence-electron chi connectivity index (χ2n) is 13.3. The zero-order valence-electron chi connectivity index (χ0n) is 26.0. The number of rotatable bonds is 3. The van der Waals surface area contributed by atoms with Gasteiger partial charge in [-0.15, -0.1) is 0 Å². The first kappa shape index (κ1) is 30.6. The van der Waals surface area contributed by atoms with Crippen LogP contribution in [0, 0.1) is 11.7 Å². The van der Waals surface area contributed by atoms with Gasteiger partial charge in [0.1, 0.15) is 29.8 Å². The highest BCUT2D eigenvalue weighted by molar-refractivity contribution is 6.33. The number of nitrogens with one attached hydrogen (secondary N) is 2. The third kappa shape index (κ3) is 5.65. The molecule has 2 N–H and O–H groups in total. The topological polar surface area (TPSA) is 121 Å². The molecule has 5 aliphatic heterocycles. The van der Waals surface area contributed by atoms with E-state index in [0.29, 0.717) is 104 Å². The van der Waals surface area contributed by atoms with Crippen molar-refractivity contribution in [2.75, 3.05) is 57.4 Å². The van der Waals surface area contributed by atoms with Crippen LogP contribution in [0.5, 0.6) is 6.01 Å². The number of anilines is 1. The molecule has 5 aliphatic rings. The predicted octanol–water partition coefficient (Wildman–Crippen LogP) is 4.61. The van der Waals surface area contributed by atoms with Crippen LogP contribution in [0.1, 0.15) is 44.1 Å². The average molecular weight is 667 g/mol.